The van der Waals surface area contributed by atoms with Gasteiger partial charge in [-0.3, -0.25) is 4.79 Å². The lowest BCUT2D eigenvalue weighted by atomic mass is 10.2. The van der Waals surface area contributed by atoms with E-state index in [0.717, 1.165) is 11.3 Å². The van der Waals surface area contributed by atoms with Gasteiger partial charge in [0.25, 0.3) is 0 Å². The van der Waals surface area contributed by atoms with Crippen LogP contribution >= 0.6 is 11.8 Å². The van der Waals surface area contributed by atoms with Gasteiger partial charge in [-0.1, -0.05) is 26.0 Å². The van der Waals surface area contributed by atoms with E-state index < -0.39 is 10.0 Å². The maximum atomic E-state index is 12.6. The van der Waals surface area contributed by atoms with Crippen molar-refractivity contribution in [2.75, 3.05) is 32.5 Å². The lowest BCUT2D eigenvalue weighted by Crippen LogP contribution is -2.41. The number of ether oxygens (including phenoxy) is 1. The summed E-state index contributed by atoms with van der Waals surface area (Å²) in [5.74, 6) is 0.965. The van der Waals surface area contributed by atoms with Gasteiger partial charge in [-0.05, 0) is 31.0 Å². The van der Waals surface area contributed by atoms with E-state index in [2.05, 4.69) is 0 Å². The highest BCUT2D eigenvalue weighted by Crippen LogP contribution is 2.43. The number of likely N-dealkylation sites (N-methyl/N-ethyl adjacent to an activating group) is 1. The number of amides is 1. The molecule has 0 spiro atoms. The second kappa shape index (κ2) is 9.10. The van der Waals surface area contributed by atoms with Crippen LogP contribution in [0.3, 0.4) is 0 Å². The molecule has 26 heavy (non-hydrogen) atoms. The predicted octanol–water partition coefficient (Wildman–Crippen LogP) is 2.72. The summed E-state index contributed by atoms with van der Waals surface area (Å²) in [6.07, 6.45) is 0.586. The first-order valence-electron chi connectivity index (χ1n) is 8.91. The first-order chi connectivity index (χ1) is 12.3. The number of benzene rings is 1. The highest BCUT2D eigenvalue weighted by Gasteiger charge is 2.38. The third-order valence-corrected chi connectivity index (χ3v) is 7.99. The summed E-state index contributed by atoms with van der Waals surface area (Å²) >= 11 is 1.59. The highest BCUT2D eigenvalue weighted by molar-refractivity contribution is 8.01. The van der Waals surface area contributed by atoms with Crippen LogP contribution in [0, 0.1) is 0 Å². The summed E-state index contributed by atoms with van der Waals surface area (Å²) in [6, 6.07) is 7.68. The molecule has 1 aromatic rings. The molecule has 1 aromatic carbocycles. The molecule has 2 rings (SSSR count). The Hall–Kier alpha value is -1.25. The molecule has 1 heterocycles. The molecule has 0 unspecified atom stereocenters. The van der Waals surface area contributed by atoms with Gasteiger partial charge in [-0.2, -0.15) is 0 Å². The standard InChI is InChI=1S/C18H28N2O4S2/c1-5-13-26(22,23)19(6-2)11-12-20-17(21)14(3)25-18(20)15-7-9-16(24-4)10-8-15/h7-10,14,18H,5-6,11-13H2,1-4H3/t14-,18+/m1/s1. The average Bonchev–Trinajstić information content (AvgIpc) is 2.90. The first kappa shape index (κ1) is 21.1. The molecule has 0 aliphatic carbocycles. The molecule has 0 bridgehead atoms. The number of hydrogen-bond donors (Lipinski definition) is 0. The van der Waals surface area contributed by atoms with E-state index in [1.54, 1.807) is 23.8 Å². The number of rotatable bonds is 9. The van der Waals surface area contributed by atoms with Crippen molar-refractivity contribution in [3.63, 3.8) is 0 Å². The van der Waals surface area contributed by atoms with Crippen molar-refractivity contribution in [2.24, 2.45) is 0 Å². The molecule has 0 saturated carbocycles. The minimum Gasteiger partial charge on any atom is -0.497 e. The zero-order valence-corrected chi connectivity index (χ0v) is 17.5. The van der Waals surface area contributed by atoms with Crippen molar-refractivity contribution in [2.45, 2.75) is 37.8 Å². The topological polar surface area (TPSA) is 66.9 Å². The maximum absolute atomic E-state index is 12.6. The Kier molecular flexibility index (Phi) is 7.37. The van der Waals surface area contributed by atoms with Crippen molar-refractivity contribution >= 4 is 27.7 Å². The first-order valence-corrected chi connectivity index (χ1v) is 11.5. The molecular formula is C18H28N2O4S2. The molecule has 1 saturated heterocycles. The van der Waals surface area contributed by atoms with E-state index in [1.165, 1.54) is 4.31 Å². The van der Waals surface area contributed by atoms with Crippen LogP contribution in [-0.4, -0.2) is 61.3 Å². The fourth-order valence-corrected chi connectivity index (χ4v) is 5.87. The maximum Gasteiger partial charge on any atom is 0.236 e. The molecule has 1 amide bonds. The molecule has 8 heteroatoms. The Balaban J connectivity index is 2.14. The zero-order chi connectivity index (χ0) is 19.3. The Morgan fingerprint density at radius 3 is 2.42 bits per heavy atom. The molecule has 0 aromatic heterocycles. The quantitative estimate of drug-likeness (QED) is 0.638. The normalized spacial score (nSPS) is 20.8. The summed E-state index contributed by atoms with van der Waals surface area (Å²) in [4.78, 5) is 14.4. The number of methoxy groups -OCH3 is 1. The fourth-order valence-electron chi connectivity index (χ4n) is 3.03. The van der Waals surface area contributed by atoms with Crippen molar-refractivity contribution < 1.29 is 17.9 Å². The van der Waals surface area contributed by atoms with Crippen LogP contribution in [0.5, 0.6) is 5.75 Å². The average molecular weight is 401 g/mol. The summed E-state index contributed by atoms with van der Waals surface area (Å²) in [6.45, 7) is 6.72. The lowest BCUT2D eigenvalue weighted by molar-refractivity contribution is -0.129. The molecule has 1 aliphatic rings. The van der Waals surface area contributed by atoms with Gasteiger partial charge in [0.2, 0.25) is 15.9 Å². The van der Waals surface area contributed by atoms with E-state index in [-0.39, 0.29) is 22.3 Å². The molecular weight excluding hydrogens is 372 g/mol. The van der Waals surface area contributed by atoms with E-state index in [0.29, 0.717) is 26.1 Å². The second-order valence-electron chi connectivity index (χ2n) is 6.24. The number of carbonyl (C=O) groups is 1. The molecule has 146 valence electrons. The Labute approximate surface area is 160 Å². The van der Waals surface area contributed by atoms with E-state index in [4.69, 9.17) is 4.74 Å². The third kappa shape index (κ3) is 4.72. The van der Waals surface area contributed by atoms with Crippen molar-refractivity contribution in [1.29, 1.82) is 0 Å². The predicted molar refractivity (Wildman–Crippen MR) is 106 cm³/mol. The largest absolute Gasteiger partial charge is 0.497 e. The van der Waals surface area contributed by atoms with Crippen LogP contribution in [0.4, 0.5) is 0 Å². The van der Waals surface area contributed by atoms with Crippen LogP contribution < -0.4 is 4.74 Å². The van der Waals surface area contributed by atoms with Gasteiger partial charge in [0.1, 0.15) is 11.1 Å². The molecule has 6 nitrogen and oxygen atoms in total. The van der Waals surface area contributed by atoms with Crippen molar-refractivity contribution in [3.8, 4) is 5.75 Å². The summed E-state index contributed by atoms with van der Waals surface area (Å²) in [5.41, 5.74) is 1.02. The molecule has 0 radical (unpaired) electrons. The van der Waals surface area contributed by atoms with Crippen molar-refractivity contribution in [1.82, 2.24) is 9.21 Å². The molecule has 1 fully saturated rings. The number of sulfonamides is 1. The number of hydrogen-bond acceptors (Lipinski definition) is 5. The zero-order valence-electron chi connectivity index (χ0n) is 15.8. The van der Waals surface area contributed by atoms with Crippen LogP contribution in [0.15, 0.2) is 24.3 Å². The van der Waals surface area contributed by atoms with Gasteiger partial charge in [0.15, 0.2) is 0 Å². The van der Waals surface area contributed by atoms with Crippen LogP contribution in [0.2, 0.25) is 0 Å². The lowest BCUT2D eigenvalue weighted by Gasteiger charge is -2.28. The van der Waals surface area contributed by atoms with Gasteiger partial charge in [0, 0.05) is 19.6 Å². The third-order valence-electron chi connectivity index (χ3n) is 4.45. The minimum absolute atomic E-state index is 0.0553. The van der Waals surface area contributed by atoms with E-state index in [9.17, 15) is 13.2 Å². The van der Waals surface area contributed by atoms with E-state index in [1.807, 2.05) is 45.0 Å². The van der Waals surface area contributed by atoms with Gasteiger partial charge < -0.3 is 9.64 Å². The second-order valence-corrected chi connectivity index (χ2v) is 9.76. The Morgan fingerprint density at radius 1 is 1.23 bits per heavy atom. The summed E-state index contributed by atoms with van der Waals surface area (Å²) in [7, 11) is -1.65. The van der Waals surface area contributed by atoms with Crippen LogP contribution in [0.25, 0.3) is 0 Å². The van der Waals surface area contributed by atoms with Crippen molar-refractivity contribution in [3.05, 3.63) is 29.8 Å². The molecule has 2 atom stereocenters. The SMILES string of the molecule is CCCS(=O)(=O)N(CC)CCN1C(=O)[C@@H](C)S[C@H]1c1ccc(OC)cc1. The Bertz CT molecular complexity index is 706. The summed E-state index contributed by atoms with van der Waals surface area (Å²) in [5, 5.41) is -0.236. The van der Waals surface area contributed by atoms with E-state index >= 15 is 0 Å². The van der Waals surface area contributed by atoms with Crippen LogP contribution in [-0.2, 0) is 14.8 Å². The number of carbonyl (C=O) groups excluding carboxylic acids is 1. The van der Waals surface area contributed by atoms with Crippen LogP contribution in [0.1, 0.15) is 38.1 Å². The monoisotopic (exact) mass is 400 g/mol. The number of thioether (sulfide) groups is 1. The number of nitrogens with zero attached hydrogens (tertiary/aromatic N) is 2. The highest BCUT2D eigenvalue weighted by atomic mass is 32.2. The van der Waals surface area contributed by atoms with Gasteiger partial charge in [-0.25, -0.2) is 12.7 Å². The fraction of sp³-hybridized carbons (Fsp3) is 0.611. The molecule has 1 aliphatic heterocycles. The smallest absolute Gasteiger partial charge is 0.236 e. The van der Waals surface area contributed by atoms with Gasteiger partial charge in [0.05, 0.1) is 18.1 Å². The summed E-state index contributed by atoms with van der Waals surface area (Å²) < 4.78 is 31.3. The van der Waals surface area contributed by atoms with Gasteiger partial charge >= 0.3 is 0 Å². The molecule has 0 N–H and O–H groups in total. The minimum atomic E-state index is -3.26. The van der Waals surface area contributed by atoms with Gasteiger partial charge in [-0.15, -0.1) is 11.8 Å². The Morgan fingerprint density at radius 2 is 1.88 bits per heavy atom.